The lowest BCUT2D eigenvalue weighted by molar-refractivity contribution is -0.165. The maximum absolute atomic E-state index is 12.5. The Kier molecular flexibility index (Phi) is 4.53. The van der Waals surface area contributed by atoms with Gasteiger partial charge in [-0.2, -0.15) is 0 Å². The van der Waals surface area contributed by atoms with Gasteiger partial charge in [0.1, 0.15) is 12.5 Å². The predicted molar refractivity (Wildman–Crippen MR) is 87.8 cm³/mol. The van der Waals surface area contributed by atoms with E-state index < -0.39 is 17.6 Å². The monoisotopic (exact) mass is 329 g/mol. The molecular weight excluding hydrogens is 310 g/mol. The molecule has 6 heteroatoms. The molecule has 0 saturated heterocycles. The normalized spacial score (nSPS) is 22.6. The molecule has 0 bridgehead atoms. The molecule has 2 aromatic rings. The number of carbonyl (C=O) groups is 1. The Bertz CT molecular complexity index is 730. The molecule has 3 rings (SSSR count). The second-order valence-corrected chi connectivity index (χ2v) is 5.48. The van der Waals surface area contributed by atoms with Crippen LogP contribution < -0.4 is 10.1 Å². The third kappa shape index (κ3) is 2.65. The summed E-state index contributed by atoms with van der Waals surface area (Å²) in [7, 11) is 3.03. The van der Waals surface area contributed by atoms with Crippen LogP contribution in [0.2, 0.25) is 0 Å². The molecule has 2 atom stereocenters. The fourth-order valence-corrected chi connectivity index (χ4v) is 2.94. The van der Waals surface area contributed by atoms with Crippen LogP contribution in [0.4, 0.5) is 5.69 Å². The molecule has 126 valence electrons. The van der Waals surface area contributed by atoms with Gasteiger partial charge >= 0.3 is 0 Å². The lowest BCUT2D eigenvalue weighted by Crippen LogP contribution is -2.53. The molecule has 2 aromatic carbocycles. The molecule has 0 aromatic heterocycles. The van der Waals surface area contributed by atoms with Crippen LogP contribution in [0, 0.1) is 0 Å². The molecule has 1 heterocycles. The summed E-state index contributed by atoms with van der Waals surface area (Å²) in [6.45, 7) is -0.112. The summed E-state index contributed by atoms with van der Waals surface area (Å²) >= 11 is 0. The van der Waals surface area contributed by atoms with Gasteiger partial charge in [0.05, 0.1) is 7.11 Å². The fourth-order valence-electron chi connectivity index (χ4n) is 2.94. The predicted octanol–water partition coefficient (Wildman–Crippen LogP) is 1.87. The van der Waals surface area contributed by atoms with Gasteiger partial charge in [0, 0.05) is 18.4 Å². The average Bonchev–Trinajstić information content (AvgIpc) is 2.61. The van der Waals surface area contributed by atoms with Gasteiger partial charge in [-0.25, -0.2) is 0 Å². The number of amides is 1. The Balaban J connectivity index is 2.14. The molecule has 0 radical (unpaired) electrons. The third-order valence-electron chi connectivity index (χ3n) is 4.10. The van der Waals surface area contributed by atoms with Gasteiger partial charge in [-0.15, -0.1) is 0 Å². The van der Waals surface area contributed by atoms with E-state index in [1.54, 1.807) is 55.6 Å². The van der Waals surface area contributed by atoms with E-state index in [4.69, 9.17) is 14.2 Å². The van der Waals surface area contributed by atoms with Crippen LogP contribution >= 0.6 is 0 Å². The number of carbonyl (C=O) groups excluding carboxylic acids is 1. The lowest BCUT2D eigenvalue weighted by atomic mass is 9.78. The molecule has 2 N–H and O–H groups in total. The molecule has 1 aliphatic heterocycles. The molecule has 0 fully saturated rings. The molecule has 6 nitrogen and oxygen atoms in total. The first kappa shape index (κ1) is 16.4. The molecule has 0 spiro atoms. The number of anilines is 1. The van der Waals surface area contributed by atoms with Crippen molar-refractivity contribution in [1.29, 1.82) is 0 Å². The quantitative estimate of drug-likeness (QED) is 0.819. The largest absolute Gasteiger partial charge is 0.497 e. The third-order valence-corrected chi connectivity index (χ3v) is 4.10. The van der Waals surface area contributed by atoms with Crippen molar-refractivity contribution >= 4 is 11.6 Å². The van der Waals surface area contributed by atoms with Crippen LogP contribution in [-0.4, -0.2) is 38.1 Å². The summed E-state index contributed by atoms with van der Waals surface area (Å²) in [5, 5.41) is 14.3. The number of fused-ring (bicyclic) bond motifs is 1. The highest BCUT2D eigenvalue weighted by molar-refractivity contribution is 5.99. The number of para-hydroxylation sites is 1. The summed E-state index contributed by atoms with van der Waals surface area (Å²) in [4.78, 5) is 12.5. The Hall–Kier alpha value is -2.41. The van der Waals surface area contributed by atoms with Crippen molar-refractivity contribution in [3.8, 4) is 5.75 Å². The Morgan fingerprint density at radius 1 is 1.12 bits per heavy atom. The number of benzene rings is 2. The van der Waals surface area contributed by atoms with Crippen molar-refractivity contribution in [3.63, 3.8) is 0 Å². The number of hydrogen-bond acceptors (Lipinski definition) is 5. The summed E-state index contributed by atoms with van der Waals surface area (Å²) in [5.41, 5.74) is 0.0182. The van der Waals surface area contributed by atoms with Gasteiger partial charge in [-0.1, -0.05) is 30.3 Å². The van der Waals surface area contributed by atoms with Crippen molar-refractivity contribution < 1.29 is 24.1 Å². The first-order valence-corrected chi connectivity index (χ1v) is 7.49. The van der Waals surface area contributed by atoms with Crippen molar-refractivity contribution in [2.45, 2.75) is 11.7 Å². The van der Waals surface area contributed by atoms with E-state index in [0.717, 1.165) is 0 Å². The van der Waals surface area contributed by atoms with Gasteiger partial charge in [-0.3, -0.25) is 4.79 Å². The topological polar surface area (TPSA) is 77.0 Å². The highest BCUT2D eigenvalue weighted by atomic mass is 16.7. The molecule has 24 heavy (non-hydrogen) atoms. The van der Waals surface area contributed by atoms with Crippen molar-refractivity contribution in [2.75, 3.05) is 26.3 Å². The maximum atomic E-state index is 12.5. The minimum Gasteiger partial charge on any atom is -0.497 e. The average molecular weight is 329 g/mol. The smallest absolute Gasteiger partial charge is 0.257 e. The summed E-state index contributed by atoms with van der Waals surface area (Å²) in [5.74, 6) is 0.231. The number of aliphatic hydroxyl groups is 1. The van der Waals surface area contributed by atoms with Gasteiger partial charge < -0.3 is 24.6 Å². The van der Waals surface area contributed by atoms with Crippen LogP contribution in [0.5, 0.6) is 5.75 Å². The Morgan fingerprint density at radius 2 is 1.83 bits per heavy atom. The SMILES string of the molecule is COCO[C@H]1C(=O)Nc2ccccc2[C@]1(O)c1ccc(OC)cc1. The van der Waals surface area contributed by atoms with E-state index in [9.17, 15) is 9.90 Å². The summed E-state index contributed by atoms with van der Waals surface area (Å²) in [6.07, 6.45) is -1.14. The molecule has 1 amide bonds. The zero-order chi connectivity index (χ0) is 17.2. The van der Waals surface area contributed by atoms with E-state index >= 15 is 0 Å². The fraction of sp³-hybridized carbons (Fsp3) is 0.278. The standard InChI is InChI=1S/C18H19NO5/c1-22-11-24-16-17(20)19-15-6-4-3-5-14(15)18(16,21)12-7-9-13(23-2)10-8-12/h3-10,16,21H,11H2,1-2H3,(H,19,20)/t16-,18+/m0/s1. The van der Waals surface area contributed by atoms with Crippen LogP contribution in [-0.2, 0) is 19.9 Å². The zero-order valence-electron chi connectivity index (χ0n) is 13.5. The first-order valence-electron chi connectivity index (χ1n) is 7.49. The van der Waals surface area contributed by atoms with Crippen molar-refractivity contribution in [1.82, 2.24) is 0 Å². The molecular formula is C18H19NO5. The van der Waals surface area contributed by atoms with Crippen LogP contribution in [0.15, 0.2) is 48.5 Å². The Labute approximate surface area is 140 Å². The number of hydrogen-bond donors (Lipinski definition) is 2. The molecule has 0 saturated carbocycles. The van der Waals surface area contributed by atoms with Crippen LogP contribution in [0.25, 0.3) is 0 Å². The number of ether oxygens (including phenoxy) is 3. The van der Waals surface area contributed by atoms with E-state index in [1.165, 1.54) is 7.11 Å². The highest BCUT2D eigenvalue weighted by Gasteiger charge is 2.50. The zero-order valence-corrected chi connectivity index (χ0v) is 13.5. The second kappa shape index (κ2) is 6.60. The number of rotatable bonds is 5. The molecule has 0 unspecified atom stereocenters. The molecule has 1 aliphatic rings. The summed E-state index contributed by atoms with van der Waals surface area (Å²) < 4.78 is 15.6. The van der Waals surface area contributed by atoms with Crippen molar-refractivity contribution in [2.24, 2.45) is 0 Å². The van der Waals surface area contributed by atoms with E-state index in [2.05, 4.69) is 5.32 Å². The van der Waals surface area contributed by atoms with Gasteiger partial charge in [0.15, 0.2) is 11.7 Å². The first-order chi connectivity index (χ1) is 11.6. The van der Waals surface area contributed by atoms with Crippen molar-refractivity contribution in [3.05, 3.63) is 59.7 Å². The minimum absolute atomic E-state index is 0.112. The Morgan fingerprint density at radius 3 is 2.50 bits per heavy atom. The molecule has 0 aliphatic carbocycles. The lowest BCUT2D eigenvalue weighted by Gasteiger charge is -2.40. The maximum Gasteiger partial charge on any atom is 0.257 e. The summed E-state index contributed by atoms with van der Waals surface area (Å²) in [6, 6.07) is 14.0. The van der Waals surface area contributed by atoms with E-state index in [-0.39, 0.29) is 6.79 Å². The number of methoxy groups -OCH3 is 2. The highest BCUT2D eigenvalue weighted by Crippen LogP contribution is 2.42. The van der Waals surface area contributed by atoms with Crippen LogP contribution in [0.3, 0.4) is 0 Å². The van der Waals surface area contributed by atoms with E-state index in [1.807, 2.05) is 0 Å². The van der Waals surface area contributed by atoms with E-state index in [0.29, 0.717) is 22.6 Å². The second-order valence-electron chi connectivity index (χ2n) is 5.48. The minimum atomic E-state index is -1.64. The van der Waals surface area contributed by atoms with Gasteiger partial charge in [0.25, 0.3) is 5.91 Å². The van der Waals surface area contributed by atoms with Crippen LogP contribution in [0.1, 0.15) is 11.1 Å². The number of nitrogens with one attached hydrogen (secondary N) is 1. The van der Waals surface area contributed by atoms with Gasteiger partial charge in [0.2, 0.25) is 0 Å². The van der Waals surface area contributed by atoms with Gasteiger partial charge in [-0.05, 0) is 23.8 Å².